The third kappa shape index (κ3) is 3.38. The fourth-order valence-corrected chi connectivity index (χ4v) is 5.25. The standard InChI is InChI=1S/C15H14BrClS2/c16-12-3-1-10(2-4-12)7-13(17)15-8-11-9-18-6-5-14(11)19-15/h1-4,8,13H,5-7,9H2. The van der Waals surface area contributed by atoms with E-state index in [0.29, 0.717) is 0 Å². The Balaban J connectivity index is 1.74. The van der Waals surface area contributed by atoms with Crippen LogP contribution in [0.5, 0.6) is 0 Å². The van der Waals surface area contributed by atoms with Crippen molar-refractivity contribution < 1.29 is 0 Å². The van der Waals surface area contributed by atoms with Crippen LogP contribution in [-0.4, -0.2) is 5.75 Å². The molecule has 1 atom stereocenters. The largest absolute Gasteiger partial charge is 0.157 e. The quantitative estimate of drug-likeness (QED) is 0.611. The van der Waals surface area contributed by atoms with Gasteiger partial charge in [0.1, 0.15) is 0 Å². The van der Waals surface area contributed by atoms with Crippen LogP contribution in [0.15, 0.2) is 34.8 Å². The van der Waals surface area contributed by atoms with Crippen molar-refractivity contribution in [3.05, 3.63) is 55.7 Å². The van der Waals surface area contributed by atoms with Crippen molar-refractivity contribution in [1.29, 1.82) is 0 Å². The highest BCUT2D eigenvalue weighted by molar-refractivity contribution is 9.10. The van der Waals surface area contributed by atoms with Crippen molar-refractivity contribution in [2.24, 2.45) is 0 Å². The van der Waals surface area contributed by atoms with Crippen molar-refractivity contribution >= 4 is 50.6 Å². The number of hydrogen-bond acceptors (Lipinski definition) is 2. The summed E-state index contributed by atoms with van der Waals surface area (Å²) in [6.07, 6.45) is 2.12. The molecule has 0 fully saturated rings. The highest BCUT2D eigenvalue weighted by Gasteiger charge is 2.18. The molecule has 1 aromatic heterocycles. The van der Waals surface area contributed by atoms with Crippen LogP contribution in [0.4, 0.5) is 0 Å². The number of benzene rings is 1. The number of aryl methyl sites for hydroxylation is 1. The highest BCUT2D eigenvalue weighted by atomic mass is 79.9. The molecule has 1 unspecified atom stereocenters. The first-order valence-corrected chi connectivity index (χ1v) is 9.50. The van der Waals surface area contributed by atoms with Crippen molar-refractivity contribution in [2.75, 3.05) is 5.75 Å². The van der Waals surface area contributed by atoms with Crippen LogP contribution in [0.25, 0.3) is 0 Å². The minimum atomic E-state index is 0.0989. The molecule has 4 heteroatoms. The van der Waals surface area contributed by atoms with Crippen LogP contribution in [-0.2, 0) is 18.6 Å². The zero-order valence-electron chi connectivity index (χ0n) is 10.4. The molecule has 0 saturated heterocycles. The second-order valence-corrected chi connectivity index (χ2v) is 8.41. The van der Waals surface area contributed by atoms with Gasteiger partial charge in [0.05, 0.1) is 5.38 Å². The van der Waals surface area contributed by atoms with Crippen molar-refractivity contribution in [3.8, 4) is 0 Å². The lowest BCUT2D eigenvalue weighted by Gasteiger charge is -2.08. The van der Waals surface area contributed by atoms with E-state index in [1.807, 2.05) is 23.1 Å². The molecule has 1 aromatic carbocycles. The van der Waals surface area contributed by atoms with Gasteiger partial charge in [-0.15, -0.1) is 22.9 Å². The van der Waals surface area contributed by atoms with Gasteiger partial charge < -0.3 is 0 Å². The van der Waals surface area contributed by atoms with E-state index in [4.69, 9.17) is 11.6 Å². The summed E-state index contributed by atoms with van der Waals surface area (Å²) in [5.74, 6) is 2.42. The van der Waals surface area contributed by atoms with E-state index in [2.05, 4.69) is 46.3 Å². The Morgan fingerprint density at radius 1 is 1.26 bits per heavy atom. The first-order chi connectivity index (χ1) is 9.22. The van der Waals surface area contributed by atoms with Gasteiger partial charge in [-0.1, -0.05) is 28.1 Å². The third-order valence-electron chi connectivity index (χ3n) is 3.28. The number of thiophene rings is 1. The molecule has 0 saturated carbocycles. The molecule has 0 radical (unpaired) electrons. The average Bonchev–Trinajstić information content (AvgIpc) is 2.85. The number of thioether (sulfide) groups is 1. The van der Waals surface area contributed by atoms with Gasteiger partial charge in [-0.2, -0.15) is 11.8 Å². The van der Waals surface area contributed by atoms with Gasteiger partial charge in [-0.3, -0.25) is 0 Å². The maximum atomic E-state index is 6.59. The molecule has 1 aliphatic heterocycles. The van der Waals surface area contributed by atoms with E-state index in [1.165, 1.54) is 28.2 Å². The van der Waals surface area contributed by atoms with Crippen molar-refractivity contribution in [2.45, 2.75) is 24.0 Å². The molecule has 19 heavy (non-hydrogen) atoms. The summed E-state index contributed by atoms with van der Waals surface area (Å²) in [7, 11) is 0. The summed E-state index contributed by atoms with van der Waals surface area (Å²) >= 11 is 14.0. The van der Waals surface area contributed by atoms with Gasteiger partial charge in [-0.05, 0) is 47.9 Å². The van der Waals surface area contributed by atoms with E-state index in [9.17, 15) is 0 Å². The maximum absolute atomic E-state index is 6.59. The predicted molar refractivity (Wildman–Crippen MR) is 90.6 cm³/mol. The van der Waals surface area contributed by atoms with Gasteiger partial charge in [0, 0.05) is 20.0 Å². The molecule has 1 aliphatic rings. The number of halogens is 2. The van der Waals surface area contributed by atoms with E-state index in [0.717, 1.165) is 16.6 Å². The monoisotopic (exact) mass is 372 g/mol. The van der Waals surface area contributed by atoms with Crippen molar-refractivity contribution in [3.63, 3.8) is 0 Å². The second-order valence-electron chi connectivity index (χ2n) is 4.70. The summed E-state index contributed by atoms with van der Waals surface area (Å²) in [6.45, 7) is 0. The SMILES string of the molecule is ClC(Cc1ccc(Br)cc1)c1cc2c(s1)CCSC2. The molecule has 0 N–H and O–H groups in total. The van der Waals surface area contributed by atoms with E-state index in [-0.39, 0.29) is 5.38 Å². The number of hydrogen-bond donors (Lipinski definition) is 0. The Morgan fingerprint density at radius 2 is 2.05 bits per heavy atom. The lowest BCUT2D eigenvalue weighted by atomic mass is 10.1. The van der Waals surface area contributed by atoms with Crippen molar-refractivity contribution in [1.82, 2.24) is 0 Å². The Kier molecular flexibility index (Phi) is 4.58. The minimum Gasteiger partial charge on any atom is -0.157 e. The lowest BCUT2D eigenvalue weighted by Crippen LogP contribution is -1.96. The Morgan fingerprint density at radius 3 is 2.79 bits per heavy atom. The summed E-state index contributed by atoms with van der Waals surface area (Å²) in [4.78, 5) is 2.88. The van der Waals surface area contributed by atoms with Gasteiger partial charge in [0.25, 0.3) is 0 Å². The molecule has 0 spiro atoms. The van der Waals surface area contributed by atoms with E-state index in [1.54, 1.807) is 4.88 Å². The summed E-state index contributed by atoms with van der Waals surface area (Å²) in [5, 5.41) is 0.0989. The van der Waals surface area contributed by atoms with Gasteiger partial charge in [-0.25, -0.2) is 0 Å². The van der Waals surface area contributed by atoms with E-state index < -0.39 is 0 Å². The molecular formula is C15H14BrClS2. The summed E-state index contributed by atoms with van der Waals surface area (Å²) in [5.41, 5.74) is 2.81. The first kappa shape index (κ1) is 14.0. The molecule has 3 rings (SSSR count). The lowest BCUT2D eigenvalue weighted by molar-refractivity contribution is 0.938. The smallest absolute Gasteiger partial charge is 0.0719 e. The fourth-order valence-electron chi connectivity index (χ4n) is 2.25. The average molecular weight is 374 g/mol. The molecule has 2 aromatic rings. The van der Waals surface area contributed by atoms with Gasteiger partial charge in [0.2, 0.25) is 0 Å². The van der Waals surface area contributed by atoms with Crippen LogP contribution in [0.2, 0.25) is 0 Å². The Hall–Kier alpha value is 0.0400. The normalized spacial score (nSPS) is 16.1. The topological polar surface area (TPSA) is 0 Å². The molecule has 2 heterocycles. The first-order valence-electron chi connectivity index (χ1n) is 6.30. The van der Waals surface area contributed by atoms with Gasteiger partial charge in [0.15, 0.2) is 0 Å². The highest BCUT2D eigenvalue weighted by Crippen LogP contribution is 2.37. The summed E-state index contributed by atoms with van der Waals surface area (Å²) < 4.78 is 1.12. The molecule has 0 nitrogen and oxygen atoms in total. The number of rotatable bonds is 3. The maximum Gasteiger partial charge on any atom is 0.0719 e. The van der Waals surface area contributed by atoms with Crippen LogP contribution >= 0.6 is 50.6 Å². The van der Waals surface area contributed by atoms with Crippen LogP contribution in [0.1, 0.15) is 26.3 Å². The van der Waals surface area contributed by atoms with Gasteiger partial charge >= 0.3 is 0 Å². The minimum absolute atomic E-state index is 0.0989. The van der Waals surface area contributed by atoms with E-state index >= 15 is 0 Å². The molecule has 100 valence electrons. The molecule has 0 bridgehead atoms. The Labute approximate surface area is 135 Å². The third-order valence-corrected chi connectivity index (χ3v) is 6.69. The van der Waals surface area contributed by atoms with Crippen LogP contribution in [0.3, 0.4) is 0 Å². The Bertz CT molecular complexity index is 539. The summed E-state index contributed by atoms with van der Waals surface area (Å²) in [6, 6.07) is 10.8. The number of fused-ring (bicyclic) bond motifs is 1. The molecular weight excluding hydrogens is 360 g/mol. The van der Waals surface area contributed by atoms with Crippen LogP contribution in [0, 0.1) is 0 Å². The zero-order valence-corrected chi connectivity index (χ0v) is 14.3. The zero-order chi connectivity index (χ0) is 13.2. The molecule has 0 aliphatic carbocycles. The predicted octanol–water partition coefficient (Wildman–Crippen LogP) is 5.82. The second kappa shape index (κ2) is 6.21. The number of alkyl halides is 1. The van der Waals surface area contributed by atoms with Crippen LogP contribution < -0.4 is 0 Å². The fraction of sp³-hybridized carbons (Fsp3) is 0.333. The molecule has 0 amide bonds.